The topological polar surface area (TPSA) is 62.2 Å². The van der Waals surface area contributed by atoms with Gasteiger partial charge in [0.25, 0.3) is 0 Å². The Morgan fingerprint density at radius 1 is 1.71 bits per heavy atom. The van der Waals surface area contributed by atoms with Crippen LogP contribution in [0.15, 0.2) is 18.3 Å². The van der Waals surface area contributed by atoms with E-state index in [2.05, 4.69) is 10.3 Å². The maximum atomic E-state index is 10.6. The molecule has 0 bridgehead atoms. The van der Waals surface area contributed by atoms with E-state index in [0.29, 0.717) is 0 Å². The molecular weight excluding hydrogens is 180 g/mol. The van der Waals surface area contributed by atoms with Crippen LogP contribution in [0.2, 0.25) is 0 Å². The summed E-state index contributed by atoms with van der Waals surface area (Å²) in [7, 11) is 0. The maximum absolute atomic E-state index is 10.6. The molecule has 2 N–H and O–H groups in total. The van der Waals surface area contributed by atoms with Gasteiger partial charge in [-0.2, -0.15) is 0 Å². The molecular formula is C10H14N2O2. The third kappa shape index (κ3) is 2.73. The van der Waals surface area contributed by atoms with Gasteiger partial charge >= 0.3 is 5.97 Å². The molecule has 0 radical (unpaired) electrons. The Kier molecular flexibility index (Phi) is 3.45. The van der Waals surface area contributed by atoms with Crippen LogP contribution in [-0.4, -0.2) is 22.1 Å². The van der Waals surface area contributed by atoms with Gasteiger partial charge in [-0.15, -0.1) is 0 Å². The normalized spacial score (nSPS) is 12.1. The molecule has 14 heavy (non-hydrogen) atoms. The van der Waals surface area contributed by atoms with E-state index in [1.165, 1.54) is 0 Å². The zero-order valence-corrected chi connectivity index (χ0v) is 8.32. The Morgan fingerprint density at radius 2 is 2.43 bits per heavy atom. The molecule has 1 aromatic rings. The largest absolute Gasteiger partial charge is 0.480 e. The third-order valence-electron chi connectivity index (χ3n) is 1.93. The number of rotatable bonds is 4. The lowest BCUT2D eigenvalue weighted by atomic mass is 10.2. The van der Waals surface area contributed by atoms with E-state index in [4.69, 9.17) is 5.11 Å². The number of carbonyl (C=O) groups is 1. The molecule has 1 unspecified atom stereocenters. The minimum absolute atomic E-state index is 0.581. The second-order valence-electron chi connectivity index (χ2n) is 3.09. The van der Waals surface area contributed by atoms with Gasteiger partial charge in [0.2, 0.25) is 0 Å². The van der Waals surface area contributed by atoms with Gasteiger partial charge < -0.3 is 10.4 Å². The monoisotopic (exact) mass is 194 g/mol. The summed E-state index contributed by atoms with van der Waals surface area (Å²) in [6, 6.07) is 3.04. The second kappa shape index (κ2) is 4.60. The Morgan fingerprint density at radius 3 is 3.00 bits per heavy atom. The third-order valence-corrected chi connectivity index (χ3v) is 1.93. The van der Waals surface area contributed by atoms with Crippen LogP contribution in [0.5, 0.6) is 0 Å². The highest BCUT2D eigenvalue weighted by Gasteiger charge is 2.09. The van der Waals surface area contributed by atoms with E-state index in [-0.39, 0.29) is 0 Å². The number of nitrogens with one attached hydrogen (secondary N) is 1. The molecule has 0 spiro atoms. The fourth-order valence-electron chi connectivity index (χ4n) is 1.07. The van der Waals surface area contributed by atoms with E-state index in [9.17, 15) is 4.79 Å². The van der Waals surface area contributed by atoms with Crippen molar-refractivity contribution in [3.63, 3.8) is 0 Å². The highest BCUT2D eigenvalue weighted by molar-refractivity contribution is 5.76. The van der Waals surface area contributed by atoms with Gasteiger partial charge in [0.05, 0.1) is 0 Å². The van der Waals surface area contributed by atoms with Crippen LogP contribution >= 0.6 is 0 Å². The molecule has 4 heteroatoms. The molecule has 4 nitrogen and oxygen atoms in total. The SMILES string of the molecule is CCc1cc(NC(C)C(=O)O)ccn1. The van der Waals surface area contributed by atoms with Crippen molar-refractivity contribution in [1.29, 1.82) is 0 Å². The molecule has 0 aliphatic heterocycles. The second-order valence-corrected chi connectivity index (χ2v) is 3.09. The Balaban J connectivity index is 2.71. The van der Waals surface area contributed by atoms with Crippen molar-refractivity contribution < 1.29 is 9.90 Å². The molecule has 76 valence electrons. The molecule has 0 saturated heterocycles. The number of hydrogen-bond acceptors (Lipinski definition) is 3. The predicted octanol–water partition coefficient (Wildman–Crippen LogP) is 1.53. The fraction of sp³-hybridized carbons (Fsp3) is 0.400. The number of aliphatic carboxylic acids is 1. The quantitative estimate of drug-likeness (QED) is 0.763. The highest BCUT2D eigenvalue weighted by atomic mass is 16.4. The van der Waals surface area contributed by atoms with Crippen molar-refractivity contribution in [1.82, 2.24) is 4.98 Å². The minimum Gasteiger partial charge on any atom is -0.480 e. The summed E-state index contributed by atoms with van der Waals surface area (Å²) in [6.45, 7) is 3.61. The smallest absolute Gasteiger partial charge is 0.325 e. The lowest BCUT2D eigenvalue weighted by Crippen LogP contribution is -2.25. The molecule has 1 aromatic heterocycles. The van der Waals surface area contributed by atoms with E-state index in [0.717, 1.165) is 17.8 Å². The number of aryl methyl sites for hydroxylation is 1. The van der Waals surface area contributed by atoms with Crippen LogP contribution in [0.3, 0.4) is 0 Å². The van der Waals surface area contributed by atoms with E-state index < -0.39 is 12.0 Å². The van der Waals surface area contributed by atoms with Crippen LogP contribution in [0.1, 0.15) is 19.5 Å². The molecule has 0 aliphatic rings. The van der Waals surface area contributed by atoms with Gasteiger partial charge in [-0.05, 0) is 25.5 Å². The Hall–Kier alpha value is -1.58. The summed E-state index contributed by atoms with van der Waals surface area (Å²) >= 11 is 0. The zero-order chi connectivity index (χ0) is 10.6. The first kappa shape index (κ1) is 10.5. The predicted molar refractivity (Wildman–Crippen MR) is 54.3 cm³/mol. The van der Waals surface area contributed by atoms with Gasteiger partial charge in [0.15, 0.2) is 0 Å². The number of aromatic nitrogens is 1. The molecule has 0 aliphatic carbocycles. The first-order chi connectivity index (χ1) is 6.63. The van der Waals surface area contributed by atoms with Crippen molar-refractivity contribution in [2.45, 2.75) is 26.3 Å². The minimum atomic E-state index is -0.861. The lowest BCUT2D eigenvalue weighted by Gasteiger charge is -2.10. The number of hydrogen-bond donors (Lipinski definition) is 2. The van der Waals surface area contributed by atoms with Gasteiger partial charge in [-0.1, -0.05) is 6.92 Å². The Bertz CT molecular complexity index is 326. The number of carboxylic acid groups (broad SMARTS) is 1. The van der Waals surface area contributed by atoms with Gasteiger partial charge in [0.1, 0.15) is 6.04 Å². The van der Waals surface area contributed by atoms with Crippen LogP contribution < -0.4 is 5.32 Å². The average molecular weight is 194 g/mol. The Labute approximate surface area is 83.0 Å². The van der Waals surface area contributed by atoms with Crippen LogP contribution in [0.25, 0.3) is 0 Å². The zero-order valence-electron chi connectivity index (χ0n) is 8.32. The highest BCUT2D eigenvalue weighted by Crippen LogP contribution is 2.09. The first-order valence-electron chi connectivity index (χ1n) is 4.57. The van der Waals surface area contributed by atoms with Crippen LogP contribution in [0, 0.1) is 0 Å². The van der Waals surface area contributed by atoms with E-state index in [1.54, 1.807) is 19.2 Å². The summed E-state index contributed by atoms with van der Waals surface area (Å²) in [5, 5.41) is 11.6. The van der Waals surface area contributed by atoms with Crippen molar-refractivity contribution >= 4 is 11.7 Å². The number of pyridine rings is 1. The summed E-state index contributed by atoms with van der Waals surface area (Å²) in [6.07, 6.45) is 2.52. The summed E-state index contributed by atoms with van der Waals surface area (Å²) in [5.74, 6) is -0.861. The fourth-order valence-corrected chi connectivity index (χ4v) is 1.07. The summed E-state index contributed by atoms with van der Waals surface area (Å²) in [5.41, 5.74) is 1.75. The molecule has 0 fully saturated rings. The molecule has 1 atom stereocenters. The van der Waals surface area contributed by atoms with Gasteiger partial charge in [-0.25, -0.2) is 0 Å². The average Bonchev–Trinajstić information content (AvgIpc) is 2.18. The first-order valence-corrected chi connectivity index (χ1v) is 4.57. The van der Waals surface area contributed by atoms with Crippen molar-refractivity contribution in [3.05, 3.63) is 24.0 Å². The molecule has 0 saturated carbocycles. The number of carboxylic acids is 1. The van der Waals surface area contributed by atoms with Crippen molar-refractivity contribution in [3.8, 4) is 0 Å². The number of anilines is 1. The molecule has 1 heterocycles. The van der Waals surface area contributed by atoms with E-state index in [1.807, 2.05) is 13.0 Å². The summed E-state index contributed by atoms with van der Waals surface area (Å²) < 4.78 is 0. The van der Waals surface area contributed by atoms with Crippen molar-refractivity contribution in [2.24, 2.45) is 0 Å². The van der Waals surface area contributed by atoms with Gasteiger partial charge in [-0.3, -0.25) is 9.78 Å². The number of nitrogens with zero attached hydrogens (tertiary/aromatic N) is 1. The van der Waals surface area contributed by atoms with Crippen LogP contribution in [0.4, 0.5) is 5.69 Å². The standard InChI is InChI=1S/C10H14N2O2/c1-3-8-6-9(4-5-11-8)12-7(2)10(13)14/h4-7H,3H2,1-2H3,(H,11,12)(H,13,14). The van der Waals surface area contributed by atoms with Crippen molar-refractivity contribution in [2.75, 3.05) is 5.32 Å². The molecule has 0 amide bonds. The lowest BCUT2D eigenvalue weighted by molar-refractivity contribution is -0.137. The summed E-state index contributed by atoms with van der Waals surface area (Å²) in [4.78, 5) is 14.7. The molecule has 0 aromatic carbocycles. The van der Waals surface area contributed by atoms with Gasteiger partial charge in [0, 0.05) is 17.6 Å². The maximum Gasteiger partial charge on any atom is 0.325 e. The van der Waals surface area contributed by atoms with E-state index >= 15 is 0 Å². The molecule has 1 rings (SSSR count). The van der Waals surface area contributed by atoms with Crippen LogP contribution in [-0.2, 0) is 11.2 Å².